The average Bonchev–Trinajstić information content (AvgIpc) is 2.95. The number of benzene rings is 1. The Hall–Kier alpha value is -1.28. The van der Waals surface area contributed by atoms with Crippen LogP contribution in [0.25, 0.3) is 0 Å². The number of rotatable bonds is 6. The molecule has 0 saturated carbocycles. The number of aromatic nitrogens is 2. The molecule has 2 aromatic rings. The van der Waals surface area contributed by atoms with E-state index in [1.54, 1.807) is 7.05 Å². The monoisotopic (exact) mass is 461 g/mol. The molecule has 7 heteroatoms. The number of hydrogen-bond acceptors (Lipinski definition) is 2. The highest BCUT2D eigenvalue weighted by molar-refractivity contribution is 14.0. The van der Waals surface area contributed by atoms with Crippen LogP contribution in [-0.4, -0.2) is 41.3 Å². The molecule has 0 aliphatic heterocycles. The maximum absolute atomic E-state index is 6.22. The summed E-state index contributed by atoms with van der Waals surface area (Å²) in [5.74, 6) is 0.871. The van der Waals surface area contributed by atoms with Gasteiger partial charge in [0.2, 0.25) is 0 Å². The number of halogens is 2. The standard InChI is InChI=1S/C17H24ClN5.HI/c1-19-17(20-10-6-7-14-11-21-23(3)12-14)22(2)13-15-8-4-5-9-16(15)18;/h4-5,8-9,11-12H,6-7,10,13H2,1-3H3,(H,19,20);1H. The molecule has 0 atom stereocenters. The van der Waals surface area contributed by atoms with E-state index in [4.69, 9.17) is 11.6 Å². The lowest BCUT2D eigenvalue weighted by Crippen LogP contribution is -2.39. The fourth-order valence-electron chi connectivity index (χ4n) is 2.44. The van der Waals surface area contributed by atoms with Crippen molar-refractivity contribution in [1.29, 1.82) is 0 Å². The lowest BCUT2D eigenvalue weighted by molar-refractivity contribution is 0.476. The fraction of sp³-hybridized carbons (Fsp3) is 0.412. The Morgan fingerprint density at radius 2 is 2.12 bits per heavy atom. The highest BCUT2D eigenvalue weighted by Gasteiger charge is 2.08. The van der Waals surface area contributed by atoms with E-state index in [0.717, 1.165) is 42.5 Å². The number of hydrogen-bond donors (Lipinski definition) is 1. The Morgan fingerprint density at radius 3 is 2.75 bits per heavy atom. The zero-order valence-electron chi connectivity index (χ0n) is 14.4. The summed E-state index contributed by atoms with van der Waals surface area (Å²) in [7, 11) is 5.75. The van der Waals surface area contributed by atoms with Crippen molar-refractivity contribution in [1.82, 2.24) is 20.0 Å². The van der Waals surface area contributed by atoms with E-state index < -0.39 is 0 Å². The number of nitrogens with one attached hydrogen (secondary N) is 1. The second-order valence-corrected chi connectivity index (χ2v) is 5.95. The highest BCUT2D eigenvalue weighted by Crippen LogP contribution is 2.16. The zero-order valence-corrected chi connectivity index (χ0v) is 17.5. The van der Waals surface area contributed by atoms with E-state index in [-0.39, 0.29) is 24.0 Å². The van der Waals surface area contributed by atoms with Crippen LogP contribution in [0.5, 0.6) is 0 Å². The molecular weight excluding hydrogens is 437 g/mol. The van der Waals surface area contributed by atoms with Crippen molar-refractivity contribution in [2.45, 2.75) is 19.4 Å². The summed E-state index contributed by atoms with van der Waals surface area (Å²) < 4.78 is 1.83. The van der Waals surface area contributed by atoms with Gasteiger partial charge in [0.25, 0.3) is 0 Å². The fourth-order valence-corrected chi connectivity index (χ4v) is 2.63. The van der Waals surface area contributed by atoms with Crippen molar-refractivity contribution in [2.75, 3.05) is 20.6 Å². The third-order valence-corrected chi connectivity index (χ3v) is 3.99. The van der Waals surface area contributed by atoms with Crippen LogP contribution in [0.1, 0.15) is 17.5 Å². The predicted molar refractivity (Wildman–Crippen MR) is 111 cm³/mol. The minimum atomic E-state index is 0. The molecule has 0 aliphatic carbocycles. The summed E-state index contributed by atoms with van der Waals surface area (Å²) in [6.07, 6.45) is 6.01. The smallest absolute Gasteiger partial charge is 0.193 e. The van der Waals surface area contributed by atoms with Gasteiger partial charge in [-0.1, -0.05) is 29.8 Å². The molecule has 0 aliphatic rings. The van der Waals surface area contributed by atoms with Gasteiger partial charge in [-0.25, -0.2) is 0 Å². The van der Waals surface area contributed by atoms with E-state index >= 15 is 0 Å². The average molecular weight is 462 g/mol. The van der Waals surface area contributed by atoms with Gasteiger partial charge in [0.1, 0.15) is 0 Å². The van der Waals surface area contributed by atoms with Gasteiger partial charge >= 0.3 is 0 Å². The molecule has 0 fully saturated rings. The molecule has 0 amide bonds. The molecule has 0 unspecified atom stereocenters. The first-order chi connectivity index (χ1) is 11.1. The van der Waals surface area contributed by atoms with Crippen molar-refractivity contribution < 1.29 is 0 Å². The SMILES string of the molecule is CN=C(NCCCc1cnn(C)c1)N(C)Cc1ccccc1Cl.I. The number of aliphatic imine (C=N–C) groups is 1. The second-order valence-electron chi connectivity index (χ2n) is 5.55. The summed E-state index contributed by atoms with van der Waals surface area (Å²) >= 11 is 6.22. The molecule has 1 aromatic heterocycles. The molecule has 2 rings (SSSR count). The van der Waals surface area contributed by atoms with Gasteiger partial charge in [0.05, 0.1) is 6.20 Å². The van der Waals surface area contributed by atoms with Crippen LogP contribution in [0, 0.1) is 0 Å². The van der Waals surface area contributed by atoms with Crippen LogP contribution in [0.3, 0.4) is 0 Å². The Balaban J connectivity index is 0.00000288. The van der Waals surface area contributed by atoms with E-state index in [0.29, 0.717) is 0 Å². The minimum Gasteiger partial charge on any atom is -0.356 e. The molecule has 5 nitrogen and oxygen atoms in total. The Labute approximate surface area is 166 Å². The minimum absolute atomic E-state index is 0. The van der Waals surface area contributed by atoms with Crippen molar-refractivity contribution in [3.63, 3.8) is 0 Å². The largest absolute Gasteiger partial charge is 0.356 e. The maximum Gasteiger partial charge on any atom is 0.193 e. The summed E-state index contributed by atoms with van der Waals surface area (Å²) in [4.78, 5) is 6.41. The third-order valence-electron chi connectivity index (χ3n) is 3.62. The molecular formula is C17H25ClIN5. The van der Waals surface area contributed by atoms with Crippen LogP contribution in [0.2, 0.25) is 5.02 Å². The number of guanidine groups is 1. The first-order valence-corrected chi connectivity index (χ1v) is 8.10. The van der Waals surface area contributed by atoms with E-state index in [1.165, 1.54) is 5.56 Å². The normalized spacial score (nSPS) is 11.1. The molecule has 0 bridgehead atoms. The molecule has 0 saturated heterocycles. The highest BCUT2D eigenvalue weighted by atomic mass is 127. The lowest BCUT2D eigenvalue weighted by Gasteiger charge is -2.22. The van der Waals surface area contributed by atoms with E-state index in [1.807, 2.05) is 49.2 Å². The van der Waals surface area contributed by atoms with Gasteiger partial charge in [-0.15, -0.1) is 24.0 Å². The van der Waals surface area contributed by atoms with E-state index in [9.17, 15) is 0 Å². The van der Waals surface area contributed by atoms with Crippen LogP contribution >= 0.6 is 35.6 Å². The van der Waals surface area contributed by atoms with E-state index in [2.05, 4.69) is 26.5 Å². The molecule has 1 heterocycles. The first-order valence-electron chi connectivity index (χ1n) is 7.73. The Kier molecular flexibility index (Phi) is 9.13. The Morgan fingerprint density at radius 1 is 1.38 bits per heavy atom. The van der Waals surface area contributed by atoms with Crippen molar-refractivity contribution >= 4 is 41.5 Å². The molecule has 1 N–H and O–H groups in total. The van der Waals surface area contributed by atoms with Crippen LogP contribution < -0.4 is 5.32 Å². The van der Waals surface area contributed by atoms with Crippen LogP contribution in [0.4, 0.5) is 0 Å². The topological polar surface area (TPSA) is 45.5 Å². The summed E-state index contributed by atoms with van der Waals surface area (Å²) in [6, 6.07) is 7.89. The molecule has 1 aromatic carbocycles. The van der Waals surface area contributed by atoms with Gasteiger partial charge in [0.15, 0.2) is 5.96 Å². The van der Waals surface area contributed by atoms with Crippen molar-refractivity contribution in [2.24, 2.45) is 12.0 Å². The van der Waals surface area contributed by atoms with Crippen LogP contribution in [-0.2, 0) is 20.0 Å². The molecule has 132 valence electrons. The maximum atomic E-state index is 6.22. The van der Waals surface area contributed by atoms with Crippen molar-refractivity contribution in [3.8, 4) is 0 Å². The van der Waals surface area contributed by atoms with Gasteiger partial charge in [-0.2, -0.15) is 5.10 Å². The van der Waals surface area contributed by atoms with Gasteiger partial charge in [-0.05, 0) is 30.0 Å². The molecule has 0 radical (unpaired) electrons. The Bertz CT molecular complexity index is 656. The first kappa shape index (κ1) is 20.8. The van der Waals surface area contributed by atoms with Crippen molar-refractivity contribution in [3.05, 3.63) is 52.8 Å². The summed E-state index contributed by atoms with van der Waals surface area (Å²) in [6.45, 7) is 1.59. The van der Waals surface area contributed by atoms with Gasteiger partial charge < -0.3 is 10.2 Å². The van der Waals surface area contributed by atoms with Gasteiger partial charge in [0, 0.05) is 45.5 Å². The van der Waals surface area contributed by atoms with Gasteiger partial charge in [-0.3, -0.25) is 9.67 Å². The lowest BCUT2D eigenvalue weighted by atomic mass is 10.2. The zero-order chi connectivity index (χ0) is 16.7. The predicted octanol–water partition coefficient (Wildman–Crippen LogP) is 3.33. The number of nitrogens with zero attached hydrogens (tertiary/aromatic N) is 4. The summed E-state index contributed by atoms with van der Waals surface area (Å²) in [5.41, 5.74) is 2.35. The molecule has 24 heavy (non-hydrogen) atoms. The third kappa shape index (κ3) is 6.32. The quantitative estimate of drug-likeness (QED) is 0.311. The second kappa shape index (κ2) is 10.6. The number of aryl methyl sites for hydroxylation is 2. The van der Waals surface area contributed by atoms with Crippen LogP contribution in [0.15, 0.2) is 41.7 Å². The summed E-state index contributed by atoms with van der Waals surface area (Å²) in [5, 5.41) is 8.36. The molecule has 0 spiro atoms.